The van der Waals surface area contributed by atoms with Gasteiger partial charge in [-0.3, -0.25) is 0 Å². The minimum atomic E-state index is 0. The van der Waals surface area contributed by atoms with Gasteiger partial charge in [0.25, 0.3) is 0 Å². The van der Waals surface area contributed by atoms with Crippen LogP contribution < -0.4 is 0 Å². The van der Waals surface area contributed by atoms with Crippen LogP contribution in [0, 0.1) is 0 Å². The van der Waals surface area contributed by atoms with Crippen LogP contribution >= 0.6 is 0 Å². The van der Waals surface area contributed by atoms with Crippen LogP contribution in [0.1, 0.15) is 0 Å². The van der Waals surface area contributed by atoms with E-state index in [0.717, 1.165) is 0 Å². The van der Waals surface area contributed by atoms with Crippen LogP contribution in [0.25, 0.3) is 0 Å². The molecule has 0 atom stereocenters. The van der Waals surface area contributed by atoms with E-state index in [9.17, 15) is 0 Å². The molecule has 0 aromatic carbocycles. The van der Waals surface area contributed by atoms with Gasteiger partial charge in [0.05, 0.1) is 0 Å². The third kappa shape index (κ3) is 8.90. The molecule has 0 rings (SSSR count). The largest absolute Gasteiger partial charge is 0 e. The van der Waals surface area contributed by atoms with Crippen molar-refractivity contribution in [1.82, 2.24) is 0 Å². The van der Waals surface area contributed by atoms with Gasteiger partial charge < -0.3 is 0 Å². The first kappa shape index (κ1) is 27.9. The molecule has 0 aromatic heterocycles. The fourth-order valence-corrected chi connectivity index (χ4v) is 0. The van der Waals surface area contributed by atoms with Crippen molar-refractivity contribution < 1.29 is 0 Å². The average molecular weight is 446 g/mol. The molecule has 0 nitrogen and oxygen atoms in total. The van der Waals surface area contributed by atoms with Gasteiger partial charge in [0, 0.05) is 23.7 Å². The minimum absolute atomic E-state index is 0. The fourth-order valence-electron chi connectivity index (χ4n) is 0. The molecule has 0 saturated carbocycles. The minimum Gasteiger partial charge on any atom is 0 e. The molecular formula is H9GeInSbTe. The molecule has 0 amide bonds. The van der Waals surface area contributed by atoms with E-state index in [2.05, 4.69) is 0 Å². The molecule has 0 fully saturated rings. The van der Waals surface area contributed by atoms with Gasteiger partial charge in [0.15, 0.2) is 0 Å². The second kappa shape index (κ2) is 16.6. The molecule has 0 aliphatic carbocycles. The Balaban J connectivity index is 0. The van der Waals surface area contributed by atoms with E-state index in [4.69, 9.17) is 0 Å². The van der Waals surface area contributed by atoms with Gasteiger partial charge in [-0.15, -0.1) is 0 Å². The molecule has 0 unspecified atom stereocenters. The molecule has 0 saturated heterocycles. The summed E-state index contributed by atoms with van der Waals surface area (Å²) in [6.07, 6.45) is 0. The molecule has 4 heavy (non-hydrogen) atoms. The molecule has 0 aliphatic heterocycles. The standard InChI is InChI=1S/GeH4.In.Sb.Te.5H/h1H4;;;;;;;;. The molecular weight excluding hydrogens is 437 g/mol. The van der Waals surface area contributed by atoms with Gasteiger partial charge in [-0.25, -0.2) is 0 Å². The van der Waals surface area contributed by atoms with Gasteiger partial charge >= 0.3 is 67.9 Å². The Hall–Kier alpha value is 3.02. The van der Waals surface area contributed by atoms with E-state index < -0.39 is 0 Å². The first-order valence-electron chi connectivity index (χ1n) is 0. The summed E-state index contributed by atoms with van der Waals surface area (Å²) >= 11 is 0. The van der Waals surface area contributed by atoms with Crippen molar-refractivity contribution in [2.24, 2.45) is 0 Å². The molecule has 0 spiro atoms. The Labute approximate surface area is 89.8 Å². The summed E-state index contributed by atoms with van der Waals surface area (Å²) in [6, 6.07) is 0. The molecule has 0 aliphatic rings. The number of hydrogen-bond donors (Lipinski definition) is 0. The number of rotatable bonds is 0. The van der Waals surface area contributed by atoms with Crippen molar-refractivity contribution >= 4 is 91.5 Å². The summed E-state index contributed by atoms with van der Waals surface area (Å²) in [5.74, 6) is 0. The summed E-state index contributed by atoms with van der Waals surface area (Å²) in [5, 5.41) is 0. The second-order valence-corrected chi connectivity index (χ2v) is 0. The van der Waals surface area contributed by atoms with Gasteiger partial charge in [-0.1, -0.05) is 0 Å². The smallest absolute Gasteiger partial charge is 0 e. The molecule has 3 radical (unpaired) electrons. The van der Waals surface area contributed by atoms with Crippen molar-refractivity contribution in [2.45, 2.75) is 0 Å². The first-order valence-corrected chi connectivity index (χ1v) is 0. The first-order chi connectivity index (χ1) is 0. The van der Waals surface area contributed by atoms with Crippen LogP contribution in [0.15, 0.2) is 0 Å². The summed E-state index contributed by atoms with van der Waals surface area (Å²) in [4.78, 5) is 0. The SMILES string of the molecule is [GeH4].[InH2].[SbH3].[Te]. The second-order valence-electron chi connectivity index (χ2n) is 0. The third-order valence-electron chi connectivity index (χ3n) is 0. The van der Waals surface area contributed by atoms with E-state index in [0.29, 0.717) is 0 Å². The van der Waals surface area contributed by atoms with E-state index in [-0.39, 0.29) is 91.5 Å². The Morgan fingerprint density at radius 2 is 1.00 bits per heavy atom. The zero-order valence-corrected chi connectivity index (χ0v) is 14.2. The Bertz CT molecular complexity index is 8.00. The fraction of sp³-hybridized carbons (Fsp3) is 0. The normalized spacial score (nSPS) is 0. The van der Waals surface area contributed by atoms with Crippen LogP contribution in [0.2, 0.25) is 0 Å². The van der Waals surface area contributed by atoms with Crippen LogP contribution in [0.5, 0.6) is 0 Å². The van der Waals surface area contributed by atoms with Crippen LogP contribution in [-0.2, 0) is 0 Å². The number of hydrogen-bond acceptors (Lipinski definition) is 0. The topological polar surface area (TPSA) is 0 Å². The summed E-state index contributed by atoms with van der Waals surface area (Å²) in [5.41, 5.74) is 0. The summed E-state index contributed by atoms with van der Waals surface area (Å²) in [7, 11) is 0. The van der Waals surface area contributed by atoms with Crippen LogP contribution in [0.4, 0.5) is 0 Å². The predicted molar refractivity (Wildman–Crippen MR) is 35.6 cm³/mol. The quantitative estimate of drug-likeness (QED) is 0.334. The molecule has 0 heterocycles. The zero-order chi connectivity index (χ0) is 0. The molecule has 0 aromatic rings. The van der Waals surface area contributed by atoms with E-state index >= 15 is 0 Å². The van der Waals surface area contributed by atoms with Gasteiger partial charge in [0.2, 0.25) is 0 Å². The maximum Gasteiger partial charge on any atom is 0 e. The maximum absolute atomic E-state index is 0. The maximum atomic E-state index is 0. The van der Waals surface area contributed by atoms with Crippen molar-refractivity contribution in [2.75, 3.05) is 0 Å². The van der Waals surface area contributed by atoms with Crippen LogP contribution in [0.3, 0.4) is 0 Å². The average Bonchev–Trinajstić information content (AvgIpc) is 0. The molecule has 27 valence electrons. The van der Waals surface area contributed by atoms with Crippen molar-refractivity contribution in [3.8, 4) is 0 Å². The van der Waals surface area contributed by atoms with E-state index in [1.807, 2.05) is 0 Å². The van der Waals surface area contributed by atoms with E-state index in [1.165, 1.54) is 0 Å². The van der Waals surface area contributed by atoms with Crippen molar-refractivity contribution in [1.29, 1.82) is 0 Å². The summed E-state index contributed by atoms with van der Waals surface area (Å²) in [6.45, 7) is 0. The van der Waals surface area contributed by atoms with E-state index in [1.54, 1.807) is 0 Å². The van der Waals surface area contributed by atoms with Crippen LogP contribution in [-0.4, -0.2) is 91.5 Å². The Morgan fingerprint density at radius 3 is 1.00 bits per heavy atom. The third-order valence-corrected chi connectivity index (χ3v) is 0. The van der Waals surface area contributed by atoms with Gasteiger partial charge in [0.1, 0.15) is 0 Å². The molecule has 4 heteroatoms. The monoisotopic (exact) mass is 449 g/mol. The van der Waals surface area contributed by atoms with Crippen molar-refractivity contribution in [3.05, 3.63) is 0 Å². The molecule has 0 bridgehead atoms. The van der Waals surface area contributed by atoms with Gasteiger partial charge in [-0.2, -0.15) is 0 Å². The molecule has 0 N–H and O–H groups in total. The Morgan fingerprint density at radius 1 is 1.00 bits per heavy atom. The summed E-state index contributed by atoms with van der Waals surface area (Å²) < 4.78 is 0. The van der Waals surface area contributed by atoms with Crippen molar-refractivity contribution in [3.63, 3.8) is 0 Å². The predicted octanol–water partition coefficient (Wildman–Crippen LogP) is -3.93. The zero-order valence-electron chi connectivity index (χ0n) is 2.12. The van der Waals surface area contributed by atoms with Gasteiger partial charge in [-0.05, 0) is 0 Å². The Kier molecular flexibility index (Phi) is 116.